The molecule has 102 valence electrons. The molecule has 0 saturated carbocycles. The van der Waals surface area contributed by atoms with Gasteiger partial charge in [-0.25, -0.2) is 0 Å². The van der Waals surface area contributed by atoms with Crippen LogP contribution in [0.5, 0.6) is 0 Å². The number of halogens is 3. The molecule has 0 radical (unpaired) electrons. The van der Waals surface area contributed by atoms with Gasteiger partial charge in [-0.05, 0) is 18.6 Å². The Kier molecular flexibility index (Phi) is 5.39. The Morgan fingerprint density at radius 1 is 1.26 bits per heavy atom. The van der Waals surface area contributed by atoms with Crippen LogP contribution in [-0.2, 0) is 7.05 Å². The molecular weight excluding hydrogens is 325 g/mol. The smallest absolute Gasteiger partial charge is 0.191 e. The van der Waals surface area contributed by atoms with Gasteiger partial charge in [0.25, 0.3) is 0 Å². The van der Waals surface area contributed by atoms with Gasteiger partial charge in [0.05, 0.1) is 10.0 Å². The van der Waals surface area contributed by atoms with E-state index in [9.17, 15) is 0 Å². The summed E-state index contributed by atoms with van der Waals surface area (Å²) in [6.45, 7) is 0. The van der Waals surface area contributed by atoms with Gasteiger partial charge in [0, 0.05) is 24.2 Å². The van der Waals surface area contributed by atoms with Gasteiger partial charge >= 0.3 is 0 Å². The minimum absolute atomic E-state index is 0.497. The topological polar surface area (TPSA) is 30.7 Å². The monoisotopic (exact) mass is 335 g/mol. The van der Waals surface area contributed by atoms with E-state index in [0.29, 0.717) is 21.7 Å². The summed E-state index contributed by atoms with van der Waals surface area (Å²) >= 11 is 19.5. The standard InChI is InChI=1S/C12H12Cl3N3S/c1-18-11(8-4-2-5-9(14)10(8)15)16-17-12(18)19-7-3-6-13/h2,4-5H,3,6-7H2,1H3. The fourth-order valence-corrected chi connectivity index (χ4v) is 3.10. The molecule has 0 saturated heterocycles. The molecule has 0 atom stereocenters. The van der Waals surface area contributed by atoms with Crippen LogP contribution < -0.4 is 0 Å². The Bertz CT molecular complexity index is 571. The molecular formula is C12H12Cl3N3S. The molecule has 0 aliphatic heterocycles. The number of rotatable bonds is 5. The van der Waals surface area contributed by atoms with E-state index >= 15 is 0 Å². The number of alkyl halides is 1. The van der Waals surface area contributed by atoms with Crippen molar-refractivity contribution in [2.45, 2.75) is 11.6 Å². The van der Waals surface area contributed by atoms with E-state index in [0.717, 1.165) is 22.9 Å². The summed E-state index contributed by atoms with van der Waals surface area (Å²) in [5, 5.41) is 10.2. The summed E-state index contributed by atoms with van der Waals surface area (Å²) in [6.07, 6.45) is 0.937. The summed E-state index contributed by atoms with van der Waals surface area (Å²) in [4.78, 5) is 0. The molecule has 7 heteroatoms. The van der Waals surface area contributed by atoms with Crippen molar-refractivity contribution in [1.29, 1.82) is 0 Å². The van der Waals surface area contributed by atoms with Gasteiger partial charge in [-0.15, -0.1) is 21.8 Å². The molecule has 0 amide bonds. The lowest BCUT2D eigenvalue weighted by atomic mass is 10.2. The van der Waals surface area contributed by atoms with E-state index in [1.807, 2.05) is 23.7 Å². The molecule has 0 spiro atoms. The Hall–Kier alpha value is -0.420. The van der Waals surface area contributed by atoms with Crippen LogP contribution in [-0.4, -0.2) is 26.4 Å². The van der Waals surface area contributed by atoms with Crippen LogP contribution in [0, 0.1) is 0 Å². The fraction of sp³-hybridized carbons (Fsp3) is 0.333. The van der Waals surface area contributed by atoms with Gasteiger partial charge in [0.2, 0.25) is 0 Å². The lowest BCUT2D eigenvalue weighted by Crippen LogP contribution is -1.96. The first-order valence-electron chi connectivity index (χ1n) is 5.67. The first kappa shape index (κ1) is 15.0. The average molecular weight is 337 g/mol. The van der Waals surface area contributed by atoms with Crippen molar-refractivity contribution in [3.05, 3.63) is 28.2 Å². The van der Waals surface area contributed by atoms with Gasteiger partial charge in [-0.2, -0.15) is 0 Å². The van der Waals surface area contributed by atoms with Crippen LogP contribution in [0.4, 0.5) is 0 Å². The van der Waals surface area contributed by atoms with Crippen LogP contribution in [0.1, 0.15) is 6.42 Å². The predicted molar refractivity (Wildman–Crippen MR) is 82.5 cm³/mol. The third-order valence-corrected chi connectivity index (χ3v) is 4.73. The van der Waals surface area contributed by atoms with E-state index in [1.54, 1.807) is 17.8 Å². The molecule has 0 N–H and O–H groups in total. The number of nitrogens with zero attached hydrogens (tertiary/aromatic N) is 3. The van der Waals surface area contributed by atoms with E-state index in [4.69, 9.17) is 34.8 Å². The highest BCUT2D eigenvalue weighted by Crippen LogP contribution is 2.33. The molecule has 1 heterocycles. The molecule has 1 aromatic carbocycles. The number of hydrogen-bond acceptors (Lipinski definition) is 3. The molecule has 0 aliphatic carbocycles. The zero-order valence-electron chi connectivity index (χ0n) is 10.2. The summed E-state index contributed by atoms with van der Waals surface area (Å²) in [5.74, 6) is 2.28. The van der Waals surface area contributed by atoms with Crippen molar-refractivity contribution in [3.8, 4) is 11.4 Å². The number of hydrogen-bond donors (Lipinski definition) is 0. The average Bonchev–Trinajstić information content (AvgIpc) is 2.75. The molecule has 2 rings (SSSR count). The SMILES string of the molecule is Cn1c(SCCCCl)nnc1-c1cccc(Cl)c1Cl. The van der Waals surface area contributed by atoms with E-state index in [1.165, 1.54) is 0 Å². The second-order valence-electron chi connectivity index (χ2n) is 3.86. The van der Waals surface area contributed by atoms with Crippen molar-refractivity contribution in [2.75, 3.05) is 11.6 Å². The minimum Gasteiger partial charge on any atom is -0.305 e. The normalized spacial score (nSPS) is 10.9. The Balaban J connectivity index is 2.28. The second-order valence-corrected chi connectivity index (χ2v) is 6.08. The third-order valence-electron chi connectivity index (χ3n) is 2.54. The lowest BCUT2D eigenvalue weighted by Gasteiger charge is -2.06. The molecule has 1 aromatic heterocycles. The summed E-state index contributed by atoms with van der Waals surface area (Å²) in [6, 6.07) is 5.48. The number of aromatic nitrogens is 3. The molecule has 0 fully saturated rings. The predicted octanol–water partition coefficient (Wildman–Crippen LogP) is 4.51. The summed E-state index contributed by atoms with van der Waals surface area (Å²) in [5.41, 5.74) is 0.786. The largest absolute Gasteiger partial charge is 0.305 e. The summed E-state index contributed by atoms with van der Waals surface area (Å²) in [7, 11) is 1.91. The third kappa shape index (κ3) is 3.37. The highest BCUT2D eigenvalue weighted by atomic mass is 35.5. The van der Waals surface area contributed by atoms with Crippen LogP contribution in [0.3, 0.4) is 0 Å². The molecule has 0 bridgehead atoms. The minimum atomic E-state index is 0.497. The quantitative estimate of drug-likeness (QED) is 0.457. The Morgan fingerprint density at radius 2 is 2.05 bits per heavy atom. The first-order valence-corrected chi connectivity index (χ1v) is 7.95. The first-order chi connectivity index (χ1) is 9.15. The van der Waals surface area contributed by atoms with Gasteiger partial charge in [-0.1, -0.05) is 41.0 Å². The van der Waals surface area contributed by atoms with Crippen LogP contribution in [0.15, 0.2) is 23.4 Å². The zero-order chi connectivity index (χ0) is 13.8. The second kappa shape index (κ2) is 6.84. The molecule has 19 heavy (non-hydrogen) atoms. The van der Waals surface area contributed by atoms with E-state index in [2.05, 4.69) is 10.2 Å². The number of thioether (sulfide) groups is 1. The molecule has 3 nitrogen and oxygen atoms in total. The van der Waals surface area contributed by atoms with E-state index < -0.39 is 0 Å². The Labute approximate surface area is 131 Å². The van der Waals surface area contributed by atoms with Gasteiger partial charge in [0.15, 0.2) is 11.0 Å². The Morgan fingerprint density at radius 3 is 2.79 bits per heavy atom. The molecule has 2 aromatic rings. The van der Waals surface area contributed by atoms with Crippen molar-refractivity contribution < 1.29 is 0 Å². The maximum Gasteiger partial charge on any atom is 0.191 e. The molecule has 0 aliphatic rings. The summed E-state index contributed by atoms with van der Waals surface area (Å²) < 4.78 is 1.91. The zero-order valence-corrected chi connectivity index (χ0v) is 13.3. The number of benzene rings is 1. The van der Waals surface area contributed by atoms with E-state index in [-0.39, 0.29) is 0 Å². The fourth-order valence-electron chi connectivity index (χ4n) is 1.57. The lowest BCUT2D eigenvalue weighted by molar-refractivity contribution is 0.793. The highest BCUT2D eigenvalue weighted by Gasteiger charge is 2.15. The van der Waals surface area contributed by atoms with Crippen molar-refractivity contribution in [2.24, 2.45) is 7.05 Å². The molecule has 0 unspecified atom stereocenters. The van der Waals surface area contributed by atoms with Gasteiger partial charge < -0.3 is 4.57 Å². The van der Waals surface area contributed by atoms with Crippen molar-refractivity contribution in [1.82, 2.24) is 14.8 Å². The van der Waals surface area contributed by atoms with Crippen molar-refractivity contribution in [3.63, 3.8) is 0 Å². The van der Waals surface area contributed by atoms with Crippen LogP contribution in [0.25, 0.3) is 11.4 Å². The maximum absolute atomic E-state index is 6.20. The maximum atomic E-state index is 6.20. The van der Waals surface area contributed by atoms with Crippen molar-refractivity contribution >= 4 is 46.6 Å². The van der Waals surface area contributed by atoms with Gasteiger partial charge in [-0.3, -0.25) is 0 Å². The van der Waals surface area contributed by atoms with Crippen LogP contribution >= 0.6 is 46.6 Å². The highest BCUT2D eigenvalue weighted by molar-refractivity contribution is 7.99. The van der Waals surface area contributed by atoms with Crippen LogP contribution in [0.2, 0.25) is 10.0 Å². The van der Waals surface area contributed by atoms with Gasteiger partial charge in [0.1, 0.15) is 0 Å².